The van der Waals surface area contributed by atoms with Crippen LogP contribution in [0.1, 0.15) is 84.0 Å². The first-order chi connectivity index (χ1) is 10.8. The lowest BCUT2D eigenvalue weighted by molar-refractivity contribution is 0.283. The quantitative estimate of drug-likeness (QED) is 0.265. The third kappa shape index (κ3) is 17.2. The number of halogens is 1. The van der Waals surface area contributed by atoms with Gasteiger partial charge in [-0.1, -0.05) is 44.1 Å². The van der Waals surface area contributed by atoms with Crippen LogP contribution in [0, 0.1) is 0 Å². The van der Waals surface area contributed by atoms with Crippen LogP contribution < -0.4 is 0 Å². The van der Waals surface area contributed by atoms with Crippen LogP contribution in [0.2, 0.25) is 0 Å². The largest absolute Gasteiger partial charge is 0.396 e. The van der Waals surface area contributed by atoms with Crippen LogP contribution in [0.15, 0.2) is 36.2 Å². The molecule has 1 N–H and O–H groups in total. The molecule has 2 heteroatoms. The van der Waals surface area contributed by atoms with Gasteiger partial charge in [0.2, 0.25) is 0 Å². The molecule has 0 aliphatic rings. The summed E-state index contributed by atoms with van der Waals surface area (Å²) in [5.74, 6) is -0.0497. The van der Waals surface area contributed by atoms with Crippen molar-refractivity contribution < 1.29 is 9.50 Å². The Labute approximate surface area is 137 Å². The normalized spacial score (nSPS) is 12.8. The van der Waals surface area contributed by atoms with Crippen molar-refractivity contribution in [2.75, 3.05) is 6.61 Å². The van der Waals surface area contributed by atoms with Crippen molar-refractivity contribution >= 4 is 0 Å². The molecule has 0 unspecified atom stereocenters. The summed E-state index contributed by atoms with van der Waals surface area (Å²) in [4.78, 5) is 0. The summed E-state index contributed by atoms with van der Waals surface area (Å²) >= 11 is 0. The van der Waals surface area contributed by atoms with Crippen LogP contribution in [0.5, 0.6) is 0 Å². The Morgan fingerprint density at radius 2 is 1.41 bits per heavy atom. The van der Waals surface area contributed by atoms with Gasteiger partial charge in [-0.05, 0) is 70.3 Å². The van der Waals surface area contributed by atoms with Gasteiger partial charge < -0.3 is 5.11 Å². The lowest BCUT2D eigenvalue weighted by Gasteiger charge is -1.96. The summed E-state index contributed by atoms with van der Waals surface area (Å²) in [6.07, 6.45) is 22.9. The lowest BCUT2D eigenvalue weighted by Crippen LogP contribution is -1.83. The van der Waals surface area contributed by atoms with Gasteiger partial charge in [0.25, 0.3) is 0 Å². The van der Waals surface area contributed by atoms with Crippen molar-refractivity contribution in [3.63, 3.8) is 0 Å². The zero-order valence-corrected chi connectivity index (χ0v) is 14.4. The predicted molar refractivity (Wildman–Crippen MR) is 95.6 cm³/mol. The van der Waals surface area contributed by atoms with Crippen molar-refractivity contribution in [1.82, 2.24) is 0 Å². The molecule has 0 rings (SSSR count). The molecule has 0 fully saturated rings. The van der Waals surface area contributed by atoms with E-state index >= 15 is 0 Å². The van der Waals surface area contributed by atoms with Gasteiger partial charge in [-0.25, -0.2) is 4.39 Å². The van der Waals surface area contributed by atoms with Crippen LogP contribution >= 0.6 is 0 Å². The maximum Gasteiger partial charge on any atom is 0.0962 e. The summed E-state index contributed by atoms with van der Waals surface area (Å²) in [5, 5.41) is 8.62. The van der Waals surface area contributed by atoms with Gasteiger partial charge in [0.1, 0.15) is 0 Å². The van der Waals surface area contributed by atoms with Crippen LogP contribution in [0.25, 0.3) is 0 Å². The first-order valence-electron chi connectivity index (χ1n) is 9.06. The Balaban J connectivity index is 3.38. The highest BCUT2D eigenvalue weighted by Gasteiger charge is 1.93. The third-order valence-electron chi connectivity index (χ3n) is 3.60. The van der Waals surface area contributed by atoms with Gasteiger partial charge in [0.05, 0.1) is 5.83 Å². The molecular weight excluding hydrogens is 275 g/mol. The highest BCUT2D eigenvalue weighted by atomic mass is 19.1. The van der Waals surface area contributed by atoms with E-state index in [9.17, 15) is 4.39 Å². The third-order valence-corrected chi connectivity index (χ3v) is 3.60. The molecule has 0 saturated carbocycles. The zero-order chi connectivity index (χ0) is 16.3. The van der Waals surface area contributed by atoms with Gasteiger partial charge in [0.15, 0.2) is 0 Å². The number of unbranched alkanes of at least 4 members (excludes halogenated alkanes) is 7. The van der Waals surface area contributed by atoms with E-state index in [4.69, 9.17) is 5.11 Å². The van der Waals surface area contributed by atoms with Gasteiger partial charge in [-0.2, -0.15) is 0 Å². The van der Waals surface area contributed by atoms with Gasteiger partial charge in [0, 0.05) is 6.61 Å². The molecule has 0 atom stereocenters. The standard InChI is InChI=1S/C20H35FO/c1-2-3-4-5-6-7-8-9-10-11-12-13-14-17-20(21)18-15-16-19-22/h6-7,12-13,17,22H,2-5,8-11,14-16,18-19H2,1H3. The smallest absolute Gasteiger partial charge is 0.0962 e. The van der Waals surface area contributed by atoms with Gasteiger partial charge in [-0.15, -0.1) is 0 Å². The number of hydrogen-bond acceptors (Lipinski definition) is 1. The number of hydrogen-bond donors (Lipinski definition) is 1. The molecule has 1 nitrogen and oxygen atoms in total. The molecule has 0 heterocycles. The molecule has 0 aromatic heterocycles. The van der Waals surface area contributed by atoms with E-state index in [1.54, 1.807) is 6.08 Å². The molecule has 22 heavy (non-hydrogen) atoms. The number of allylic oxidation sites excluding steroid dienone is 6. The number of rotatable bonds is 15. The fourth-order valence-electron chi connectivity index (χ4n) is 2.19. The minimum atomic E-state index is -0.0497. The van der Waals surface area contributed by atoms with Gasteiger partial charge in [-0.3, -0.25) is 0 Å². The molecule has 0 aromatic rings. The molecule has 0 radical (unpaired) electrons. The SMILES string of the molecule is CCCCCC=CCCCCC=CCC=C(F)CCCCO. The summed E-state index contributed by atoms with van der Waals surface area (Å²) in [6, 6.07) is 0. The minimum absolute atomic E-state index is 0.0497. The van der Waals surface area contributed by atoms with Crippen molar-refractivity contribution in [3.8, 4) is 0 Å². The second-order valence-corrected chi connectivity index (χ2v) is 5.79. The van der Waals surface area contributed by atoms with E-state index in [1.807, 2.05) is 6.08 Å². The molecule has 128 valence electrons. The molecule has 0 aromatic carbocycles. The first-order valence-corrected chi connectivity index (χ1v) is 9.06. The van der Waals surface area contributed by atoms with E-state index in [0.717, 1.165) is 12.8 Å². The lowest BCUT2D eigenvalue weighted by atomic mass is 10.1. The molecule has 0 aliphatic carbocycles. The fourth-order valence-corrected chi connectivity index (χ4v) is 2.19. The average Bonchev–Trinajstić information content (AvgIpc) is 2.52. The summed E-state index contributed by atoms with van der Waals surface area (Å²) in [5.41, 5.74) is 0. The van der Waals surface area contributed by atoms with Crippen LogP contribution in [-0.2, 0) is 0 Å². The first kappa shape index (κ1) is 21.1. The maximum absolute atomic E-state index is 13.3. The highest BCUT2D eigenvalue weighted by Crippen LogP contribution is 2.10. The highest BCUT2D eigenvalue weighted by molar-refractivity contribution is 4.97. The Morgan fingerprint density at radius 1 is 0.818 bits per heavy atom. The van der Waals surface area contributed by atoms with Crippen LogP contribution in [0.3, 0.4) is 0 Å². The van der Waals surface area contributed by atoms with Gasteiger partial charge >= 0.3 is 0 Å². The second-order valence-electron chi connectivity index (χ2n) is 5.79. The minimum Gasteiger partial charge on any atom is -0.396 e. The van der Waals surface area contributed by atoms with E-state index in [2.05, 4.69) is 25.2 Å². The van der Waals surface area contributed by atoms with Crippen molar-refractivity contribution in [2.24, 2.45) is 0 Å². The fraction of sp³-hybridized carbons (Fsp3) is 0.700. The molecule has 0 aliphatic heterocycles. The average molecular weight is 310 g/mol. The summed E-state index contributed by atoms with van der Waals surface area (Å²) in [6.45, 7) is 2.39. The molecular formula is C20H35FO. The second kappa shape index (κ2) is 18.2. The molecule has 0 bridgehead atoms. The summed E-state index contributed by atoms with van der Waals surface area (Å²) in [7, 11) is 0. The molecule has 0 amide bonds. The van der Waals surface area contributed by atoms with E-state index in [-0.39, 0.29) is 12.4 Å². The summed E-state index contributed by atoms with van der Waals surface area (Å²) < 4.78 is 13.3. The maximum atomic E-state index is 13.3. The van der Waals surface area contributed by atoms with Crippen molar-refractivity contribution in [3.05, 3.63) is 36.2 Å². The van der Waals surface area contributed by atoms with E-state index in [1.165, 1.54) is 44.9 Å². The number of aliphatic hydroxyl groups is 1. The van der Waals surface area contributed by atoms with Crippen molar-refractivity contribution in [2.45, 2.75) is 84.0 Å². The Hall–Kier alpha value is -0.890. The topological polar surface area (TPSA) is 20.2 Å². The molecule has 0 saturated heterocycles. The van der Waals surface area contributed by atoms with Crippen LogP contribution in [-0.4, -0.2) is 11.7 Å². The zero-order valence-electron chi connectivity index (χ0n) is 14.4. The predicted octanol–water partition coefficient (Wildman–Crippen LogP) is 6.65. The van der Waals surface area contributed by atoms with Crippen molar-refractivity contribution in [1.29, 1.82) is 0 Å². The Morgan fingerprint density at radius 3 is 2.00 bits per heavy atom. The van der Waals surface area contributed by atoms with Crippen LogP contribution in [0.4, 0.5) is 4.39 Å². The Kier molecular flexibility index (Phi) is 17.4. The monoisotopic (exact) mass is 310 g/mol. The number of aliphatic hydroxyl groups excluding tert-OH is 1. The molecule has 0 spiro atoms. The van der Waals surface area contributed by atoms with E-state index < -0.39 is 0 Å². The van der Waals surface area contributed by atoms with E-state index in [0.29, 0.717) is 19.3 Å². The Bertz CT molecular complexity index is 305.